The van der Waals surface area contributed by atoms with E-state index in [0.717, 1.165) is 39.0 Å². The molecule has 0 fully saturated rings. The standard InChI is InChI=1S/C45H25NO/c46-26-29-20-22-44-45-31(29)16-8-18-37(45)42-23-28(19-21-43(42)47-44)38-24-40-36-15-6-5-14-35(36)39(25-41(40)34-13-4-3-12-33(34)38)32-17-7-10-27-9-1-2-11-30(27)32/h1-25H. The second-order valence-electron chi connectivity index (χ2n) is 12.3. The van der Waals surface area contributed by atoms with Gasteiger partial charge in [0.25, 0.3) is 0 Å². The fourth-order valence-corrected chi connectivity index (χ4v) is 7.77. The van der Waals surface area contributed by atoms with E-state index in [1.54, 1.807) is 0 Å². The molecule has 2 heteroatoms. The minimum absolute atomic E-state index is 0.657. The third-order valence-corrected chi connectivity index (χ3v) is 9.89. The van der Waals surface area contributed by atoms with E-state index >= 15 is 0 Å². The van der Waals surface area contributed by atoms with Crippen molar-refractivity contribution in [3.05, 3.63) is 157 Å². The molecule has 0 bridgehead atoms. The smallest absolute Gasteiger partial charge is 0.136 e. The van der Waals surface area contributed by atoms with Crippen molar-refractivity contribution in [2.45, 2.75) is 0 Å². The summed E-state index contributed by atoms with van der Waals surface area (Å²) >= 11 is 0. The average Bonchev–Trinajstić information content (AvgIpc) is 3.14. The minimum atomic E-state index is 0.657. The van der Waals surface area contributed by atoms with E-state index in [9.17, 15) is 5.26 Å². The van der Waals surface area contributed by atoms with Crippen LogP contribution in [0.25, 0.3) is 87.2 Å². The first-order valence-electron chi connectivity index (χ1n) is 15.9. The lowest BCUT2D eigenvalue weighted by Crippen LogP contribution is -1.98. The predicted octanol–water partition coefficient (Wildman–Crippen LogP) is 12.4. The summed E-state index contributed by atoms with van der Waals surface area (Å²) in [5.74, 6) is 1.62. The zero-order chi connectivity index (χ0) is 31.1. The molecule has 0 aromatic heterocycles. The molecule has 1 heterocycles. The number of fused-ring (bicyclic) bond motifs is 8. The topological polar surface area (TPSA) is 33.0 Å². The van der Waals surface area contributed by atoms with Crippen LogP contribution in [0, 0.1) is 11.3 Å². The number of hydrogen-bond donors (Lipinski definition) is 0. The van der Waals surface area contributed by atoms with Crippen molar-refractivity contribution in [3.8, 4) is 50.9 Å². The molecule has 0 unspecified atom stereocenters. The van der Waals surface area contributed by atoms with E-state index in [2.05, 4.69) is 133 Å². The first-order valence-corrected chi connectivity index (χ1v) is 15.9. The van der Waals surface area contributed by atoms with Gasteiger partial charge in [0.15, 0.2) is 0 Å². The summed E-state index contributed by atoms with van der Waals surface area (Å²) in [6, 6.07) is 56.4. The van der Waals surface area contributed by atoms with Crippen LogP contribution in [-0.4, -0.2) is 0 Å². The molecule has 0 saturated heterocycles. The molecule has 1 aliphatic heterocycles. The van der Waals surface area contributed by atoms with Crippen molar-refractivity contribution in [2.24, 2.45) is 0 Å². The van der Waals surface area contributed by atoms with Gasteiger partial charge in [-0.05, 0) is 107 Å². The Morgan fingerprint density at radius 3 is 1.77 bits per heavy atom. The normalized spacial score (nSPS) is 12.0. The number of benzene rings is 9. The Labute approximate surface area is 271 Å². The van der Waals surface area contributed by atoms with Gasteiger partial charge in [-0.3, -0.25) is 0 Å². The second kappa shape index (κ2) is 9.78. The summed E-state index contributed by atoms with van der Waals surface area (Å²) in [4.78, 5) is 0. The van der Waals surface area contributed by atoms with E-state index in [1.165, 1.54) is 59.8 Å². The molecule has 0 aliphatic carbocycles. The van der Waals surface area contributed by atoms with Crippen LogP contribution < -0.4 is 4.74 Å². The first-order chi connectivity index (χ1) is 23.3. The molecule has 216 valence electrons. The van der Waals surface area contributed by atoms with Gasteiger partial charge in [-0.1, -0.05) is 115 Å². The van der Waals surface area contributed by atoms with Crippen LogP contribution in [0.1, 0.15) is 5.56 Å². The van der Waals surface area contributed by atoms with E-state index in [4.69, 9.17) is 4.74 Å². The van der Waals surface area contributed by atoms with Crippen molar-refractivity contribution in [2.75, 3.05) is 0 Å². The zero-order valence-electron chi connectivity index (χ0n) is 25.3. The lowest BCUT2D eigenvalue weighted by Gasteiger charge is -2.23. The van der Waals surface area contributed by atoms with E-state index in [-0.39, 0.29) is 0 Å². The monoisotopic (exact) mass is 595 g/mol. The van der Waals surface area contributed by atoms with Crippen molar-refractivity contribution in [1.82, 2.24) is 0 Å². The molecule has 0 saturated carbocycles. The van der Waals surface area contributed by atoms with Crippen molar-refractivity contribution in [3.63, 3.8) is 0 Å². The van der Waals surface area contributed by atoms with Crippen LogP contribution >= 0.6 is 0 Å². The SMILES string of the molecule is N#Cc1ccc2c3c(cccc13)-c1cc(-c3cc4c5ccccc5c(-c5cccc6ccccc56)cc4c4ccccc34)ccc1O2. The highest BCUT2D eigenvalue weighted by atomic mass is 16.5. The van der Waals surface area contributed by atoms with Crippen LogP contribution in [0.3, 0.4) is 0 Å². The minimum Gasteiger partial charge on any atom is -0.456 e. The zero-order valence-corrected chi connectivity index (χ0v) is 25.3. The van der Waals surface area contributed by atoms with Gasteiger partial charge < -0.3 is 4.74 Å². The molecule has 0 atom stereocenters. The molecule has 9 aromatic carbocycles. The van der Waals surface area contributed by atoms with Gasteiger partial charge in [0, 0.05) is 16.3 Å². The molecule has 0 amide bonds. The highest BCUT2D eigenvalue weighted by Gasteiger charge is 2.23. The Balaban J connectivity index is 1.26. The Kier molecular flexibility index (Phi) is 5.38. The van der Waals surface area contributed by atoms with Gasteiger partial charge in [-0.2, -0.15) is 5.26 Å². The second-order valence-corrected chi connectivity index (χ2v) is 12.3. The summed E-state index contributed by atoms with van der Waals surface area (Å²) < 4.78 is 6.43. The van der Waals surface area contributed by atoms with Gasteiger partial charge in [-0.25, -0.2) is 0 Å². The fraction of sp³-hybridized carbons (Fsp3) is 0. The maximum atomic E-state index is 9.80. The average molecular weight is 596 g/mol. The number of nitrogens with zero attached hydrogens (tertiary/aromatic N) is 1. The molecular weight excluding hydrogens is 571 g/mol. The van der Waals surface area contributed by atoms with Crippen molar-refractivity contribution < 1.29 is 4.74 Å². The summed E-state index contributed by atoms with van der Waals surface area (Å²) in [7, 11) is 0. The Bertz CT molecular complexity index is 2830. The highest BCUT2D eigenvalue weighted by molar-refractivity contribution is 6.25. The highest BCUT2D eigenvalue weighted by Crippen LogP contribution is 2.49. The van der Waals surface area contributed by atoms with Crippen molar-refractivity contribution >= 4 is 53.9 Å². The third-order valence-electron chi connectivity index (χ3n) is 9.89. The summed E-state index contributed by atoms with van der Waals surface area (Å²) in [5.41, 5.74) is 7.59. The van der Waals surface area contributed by atoms with Crippen LogP contribution in [-0.2, 0) is 0 Å². The van der Waals surface area contributed by atoms with E-state index in [1.807, 2.05) is 24.3 Å². The fourth-order valence-electron chi connectivity index (χ4n) is 7.77. The predicted molar refractivity (Wildman–Crippen MR) is 195 cm³/mol. The lowest BCUT2D eigenvalue weighted by atomic mass is 9.86. The molecule has 2 nitrogen and oxygen atoms in total. The molecule has 9 aromatic rings. The maximum absolute atomic E-state index is 9.80. The van der Waals surface area contributed by atoms with Crippen LogP contribution in [0.4, 0.5) is 0 Å². The van der Waals surface area contributed by atoms with Crippen LogP contribution in [0.5, 0.6) is 11.5 Å². The van der Waals surface area contributed by atoms with Crippen LogP contribution in [0.2, 0.25) is 0 Å². The van der Waals surface area contributed by atoms with Gasteiger partial charge in [0.05, 0.1) is 11.6 Å². The van der Waals surface area contributed by atoms with Gasteiger partial charge >= 0.3 is 0 Å². The Morgan fingerprint density at radius 1 is 0.383 bits per heavy atom. The third kappa shape index (κ3) is 3.72. The summed E-state index contributed by atoms with van der Waals surface area (Å²) in [6.45, 7) is 0. The van der Waals surface area contributed by atoms with E-state index in [0.29, 0.717) is 5.56 Å². The molecular formula is C45H25NO. The Hall–Kier alpha value is -6.43. The quantitative estimate of drug-likeness (QED) is 0.186. The lowest BCUT2D eigenvalue weighted by molar-refractivity contribution is 0.487. The summed E-state index contributed by atoms with van der Waals surface area (Å²) in [6.07, 6.45) is 0. The molecule has 0 spiro atoms. The maximum Gasteiger partial charge on any atom is 0.136 e. The van der Waals surface area contributed by atoms with Gasteiger partial charge in [-0.15, -0.1) is 0 Å². The number of rotatable bonds is 2. The number of hydrogen-bond acceptors (Lipinski definition) is 2. The molecule has 0 N–H and O–H groups in total. The number of nitriles is 1. The molecule has 0 radical (unpaired) electrons. The Morgan fingerprint density at radius 2 is 0.979 bits per heavy atom. The van der Waals surface area contributed by atoms with Crippen molar-refractivity contribution in [1.29, 1.82) is 5.26 Å². The largest absolute Gasteiger partial charge is 0.456 e. The van der Waals surface area contributed by atoms with Gasteiger partial charge in [0.2, 0.25) is 0 Å². The van der Waals surface area contributed by atoms with E-state index < -0.39 is 0 Å². The molecule has 1 aliphatic rings. The molecule has 10 rings (SSSR count). The summed E-state index contributed by atoms with van der Waals surface area (Å²) in [5, 5.41) is 21.6. The van der Waals surface area contributed by atoms with Gasteiger partial charge in [0.1, 0.15) is 11.5 Å². The molecule has 47 heavy (non-hydrogen) atoms. The first kappa shape index (κ1) is 25.9. The van der Waals surface area contributed by atoms with Crippen LogP contribution in [0.15, 0.2) is 152 Å². The number of ether oxygens (including phenoxy) is 1.